The van der Waals surface area contributed by atoms with E-state index in [1.165, 1.54) is 24.0 Å². The van der Waals surface area contributed by atoms with Crippen LogP contribution in [0.15, 0.2) is 85.5 Å². The number of anilines is 2. The van der Waals surface area contributed by atoms with E-state index in [1.807, 2.05) is 6.08 Å². The van der Waals surface area contributed by atoms with Gasteiger partial charge in [0.05, 0.1) is 49.3 Å². The van der Waals surface area contributed by atoms with Crippen molar-refractivity contribution in [3.8, 4) is 17.2 Å². The summed E-state index contributed by atoms with van der Waals surface area (Å²) in [5.41, 5.74) is 4.10. The first kappa shape index (κ1) is 30.2. The highest BCUT2D eigenvalue weighted by atomic mass is 16.5. The number of phenolic OH excluding ortho intramolecular Hbond substituents is 1. The monoisotopic (exact) mass is 630 g/mol. The largest absolute Gasteiger partial charge is 0.502 e. The van der Waals surface area contributed by atoms with Gasteiger partial charge in [0.25, 0.3) is 0 Å². The SMILES string of the molecule is C=Cc1ccc(N2C(=O)C3CC=C4C(CC5C(=O)N(c6ccc(C=C)cc6)C(=O)C5C4c4cc(OC)c(O)c(OC)c4)C3C2=O)cc1. The summed E-state index contributed by atoms with van der Waals surface area (Å²) in [6, 6.07) is 17.4. The predicted octanol–water partition coefficient (Wildman–Crippen LogP) is 5.74. The van der Waals surface area contributed by atoms with Crippen molar-refractivity contribution < 1.29 is 33.8 Å². The van der Waals surface area contributed by atoms with Crippen LogP contribution in [0, 0.1) is 29.6 Å². The summed E-state index contributed by atoms with van der Waals surface area (Å²) in [7, 11) is 2.85. The standard InChI is InChI=1S/C38H34N2O7/c1-5-20-7-11-23(12-8-20)39-35(42)26-16-15-25-27(32(26)37(39)44)19-28-33(31(25)22-17-29(46-3)34(41)30(18-22)47-4)38(45)40(36(28)43)24-13-9-21(6-2)10-14-24/h5-15,17-18,26-28,31-33,41H,1-2,16,19H2,3-4H3. The van der Waals surface area contributed by atoms with Crippen molar-refractivity contribution in [2.45, 2.75) is 18.8 Å². The molecule has 6 unspecified atom stereocenters. The summed E-state index contributed by atoms with van der Waals surface area (Å²) in [6.45, 7) is 7.56. The first-order valence-electron chi connectivity index (χ1n) is 15.6. The van der Waals surface area contributed by atoms with Gasteiger partial charge in [-0.3, -0.25) is 29.0 Å². The van der Waals surface area contributed by atoms with Crippen LogP contribution in [0.5, 0.6) is 17.2 Å². The zero-order valence-electron chi connectivity index (χ0n) is 26.1. The van der Waals surface area contributed by atoms with Crippen molar-refractivity contribution in [2.24, 2.45) is 29.6 Å². The van der Waals surface area contributed by atoms with E-state index in [-0.39, 0.29) is 47.3 Å². The molecular formula is C38H34N2O7. The lowest BCUT2D eigenvalue weighted by atomic mass is 9.57. The fraction of sp³-hybridized carbons (Fsp3) is 0.263. The van der Waals surface area contributed by atoms with E-state index in [1.54, 1.807) is 72.8 Å². The third-order valence-electron chi connectivity index (χ3n) is 10.3. The predicted molar refractivity (Wildman–Crippen MR) is 177 cm³/mol. The minimum Gasteiger partial charge on any atom is -0.502 e. The molecule has 4 aliphatic rings. The Morgan fingerprint density at radius 2 is 1.19 bits per heavy atom. The molecule has 6 atom stereocenters. The van der Waals surface area contributed by atoms with Crippen LogP contribution < -0.4 is 19.3 Å². The summed E-state index contributed by atoms with van der Waals surface area (Å²) in [5.74, 6) is -5.08. The fourth-order valence-electron chi connectivity index (χ4n) is 8.08. The Labute approximate surface area is 272 Å². The number of hydrogen-bond donors (Lipinski definition) is 1. The highest BCUT2D eigenvalue weighted by molar-refractivity contribution is 6.24. The number of rotatable bonds is 7. The van der Waals surface area contributed by atoms with Gasteiger partial charge in [-0.2, -0.15) is 0 Å². The van der Waals surface area contributed by atoms with E-state index >= 15 is 0 Å². The Morgan fingerprint density at radius 1 is 0.702 bits per heavy atom. The van der Waals surface area contributed by atoms with Gasteiger partial charge in [-0.15, -0.1) is 0 Å². The summed E-state index contributed by atoms with van der Waals surface area (Å²) in [4.78, 5) is 59.2. The van der Waals surface area contributed by atoms with Crippen LogP contribution in [0.4, 0.5) is 11.4 Å². The molecule has 4 amide bonds. The first-order valence-corrected chi connectivity index (χ1v) is 15.6. The number of benzene rings is 3. The third kappa shape index (κ3) is 4.52. The summed E-state index contributed by atoms with van der Waals surface area (Å²) in [5, 5.41) is 10.7. The Bertz CT molecular complexity index is 1850. The second kappa shape index (κ2) is 11.4. The van der Waals surface area contributed by atoms with E-state index in [0.29, 0.717) is 23.4 Å². The summed E-state index contributed by atoms with van der Waals surface area (Å²) >= 11 is 0. The van der Waals surface area contributed by atoms with Gasteiger partial charge in [0.1, 0.15) is 0 Å². The molecule has 0 radical (unpaired) electrons. The fourth-order valence-corrected chi connectivity index (χ4v) is 8.08. The maximum Gasteiger partial charge on any atom is 0.238 e. The molecule has 2 heterocycles. The molecule has 238 valence electrons. The van der Waals surface area contributed by atoms with Crippen LogP contribution in [-0.2, 0) is 19.2 Å². The topological polar surface area (TPSA) is 113 Å². The molecule has 47 heavy (non-hydrogen) atoms. The van der Waals surface area contributed by atoms with Gasteiger partial charge in [0, 0.05) is 5.92 Å². The lowest BCUT2D eigenvalue weighted by Crippen LogP contribution is -2.43. The van der Waals surface area contributed by atoms with Crippen molar-refractivity contribution in [3.05, 3.63) is 102 Å². The van der Waals surface area contributed by atoms with E-state index in [9.17, 15) is 24.3 Å². The van der Waals surface area contributed by atoms with Crippen LogP contribution in [-0.4, -0.2) is 43.0 Å². The van der Waals surface area contributed by atoms with Crippen molar-refractivity contribution >= 4 is 47.2 Å². The first-order chi connectivity index (χ1) is 22.7. The van der Waals surface area contributed by atoms with E-state index in [4.69, 9.17) is 9.47 Å². The molecular weight excluding hydrogens is 596 g/mol. The number of ether oxygens (including phenoxy) is 2. The molecule has 0 spiro atoms. The van der Waals surface area contributed by atoms with Gasteiger partial charge in [-0.25, -0.2) is 0 Å². The number of hydrogen-bond acceptors (Lipinski definition) is 7. The minimum absolute atomic E-state index is 0.155. The molecule has 3 fully saturated rings. The Balaban J connectivity index is 1.35. The minimum atomic E-state index is -0.783. The van der Waals surface area contributed by atoms with Crippen molar-refractivity contribution in [1.29, 1.82) is 0 Å². The highest BCUT2D eigenvalue weighted by Gasteiger charge is 2.62. The van der Waals surface area contributed by atoms with Gasteiger partial charge in [0.2, 0.25) is 29.4 Å². The van der Waals surface area contributed by atoms with Crippen molar-refractivity contribution in [3.63, 3.8) is 0 Å². The molecule has 2 aliphatic carbocycles. The number of allylic oxidation sites excluding steroid dienone is 2. The number of carbonyl (C=O) groups is 4. The van der Waals surface area contributed by atoms with Crippen molar-refractivity contribution in [1.82, 2.24) is 0 Å². The van der Waals surface area contributed by atoms with Crippen LogP contribution >= 0.6 is 0 Å². The molecule has 9 nitrogen and oxygen atoms in total. The number of nitrogens with zero attached hydrogens (tertiary/aromatic N) is 2. The van der Waals surface area contributed by atoms with Gasteiger partial charge in [0.15, 0.2) is 11.5 Å². The molecule has 9 heteroatoms. The maximum atomic E-state index is 14.4. The number of carbonyl (C=O) groups excluding carboxylic acids is 4. The van der Waals surface area contributed by atoms with Gasteiger partial charge >= 0.3 is 0 Å². The van der Waals surface area contributed by atoms with Crippen molar-refractivity contribution in [2.75, 3.05) is 24.0 Å². The lowest BCUT2D eigenvalue weighted by Gasteiger charge is -2.44. The Hall–Kier alpha value is -5.44. The summed E-state index contributed by atoms with van der Waals surface area (Å²) < 4.78 is 11.0. The Kier molecular flexibility index (Phi) is 7.34. The molecule has 2 aliphatic heterocycles. The lowest BCUT2D eigenvalue weighted by molar-refractivity contribution is -0.126. The number of methoxy groups -OCH3 is 2. The van der Waals surface area contributed by atoms with Gasteiger partial charge < -0.3 is 14.6 Å². The van der Waals surface area contributed by atoms with E-state index < -0.39 is 35.5 Å². The zero-order valence-corrected chi connectivity index (χ0v) is 26.1. The Morgan fingerprint density at radius 3 is 1.68 bits per heavy atom. The van der Waals surface area contributed by atoms with Gasteiger partial charge in [-0.1, -0.05) is 61.2 Å². The van der Waals surface area contributed by atoms with Gasteiger partial charge in [-0.05, 0) is 71.8 Å². The average molecular weight is 631 g/mol. The second-order valence-electron chi connectivity index (χ2n) is 12.4. The number of fused-ring (bicyclic) bond motifs is 4. The third-order valence-corrected chi connectivity index (χ3v) is 10.3. The van der Waals surface area contributed by atoms with Crippen LogP contribution in [0.1, 0.15) is 35.4 Å². The molecule has 3 aromatic carbocycles. The molecule has 3 aromatic rings. The molecule has 1 saturated carbocycles. The quantitative estimate of drug-likeness (QED) is 0.262. The smallest absolute Gasteiger partial charge is 0.238 e. The van der Waals surface area contributed by atoms with E-state index in [2.05, 4.69) is 13.2 Å². The normalized spacial score (nSPS) is 26.4. The van der Waals surface area contributed by atoms with E-state index in [0.717, 1.165) is 16.7 Å². The number of imide groups is 2. The zero-order chi connectivity index (χ0) is 33.1. The number of amides is 4. The van der Waals surface area contributed by atoms with Crippen LogP contribution in [0.3, 0.4) is 0 Å². The maximum absolute atomic E-state index is 14.4. The molecule has 0 bridgehead atoms. The second-order valence-corrected chi connectivity index (χ2v) is 12.4. The van der Waals surface area contributed by atoms with Crippen LogP contribution in [0.25, 0.3) is 12.2 Å². The molecule has 0 aromatic heterocycles. The van der Waals surface area contributed by atoms with Crippen LogP contribution in [0.2, 0.25) is 0 Å². The highest BCUT2D eigenvalue weighted by Crippen LogP contribution is 2.59. The summed E-state index contributed by atoms with van der Waals surface area (Å²) in [6.07, 6.45) is 5.92. The molecule has 7 rings (SSSR count). The molecule has 2 saturated heterocycles. The average Bonchev–Trinajstić information content (AvgIpc) is 3.51. The molecule has 1 N–H and O–H groups in total. The number of phenols is 1. The number of aromatic hydroxyl groups is 1.